The van der Waals surface area contributed by atoms with Gasteiger partial charge in [-0.2, -0.15) is 0 Å². The Balaban J connectivity index is 0. The van der Waals surface area contributed by atoms with E-state index in [1.807, 2.05) is 0 Å². The van der Waals surface area contributed by atoms with E-state index in [2.05, 4.69) is 27.7 Å². The summed E-state index contributed by atoms with van der Waals surface area (Å²) < 4.78 is 0. The molecule has 27 heavy (non-hydrogen) atoms. The molecule has 3 N–H and O–H groups in total. The fourth-order valence-electron chi connectivity index (χ4n) is 3.70. The smallest absolute Gasteiger partial charge is 0.0416 e. The van der Waals surface area contributed by atoms with Crippen LogP contribution in [0, 0.1) is 5.92 Å². The second kappa shape index (κ2) is 21.0. The summed E-state index contributed by atoms with van der Waals surface area (Å²) in [5, 5.41) is 0. The van der Waals surface area contributed by atoms with Crippen molar-refractivity contribution in [3.8, 4) is 0 Å². The van der Waals surface area contributed by atoms with Gasteiger partial charge in [-0.15, -0.1) is 11.6 Å². The Morgan fingerprint density at radius 3 is 1.07 bits per heavy atom. The van der Waals surface area contributed by atoms with Crippen molar-refractivity contribution >= 4 is 11.6 Å². The van der Waals surface area contributed by atoms with Crippen molar-refractivity contribution in [2.75, 3.05) is 0 Å². The van der Waals surface area contributed by atoms with Gasteiger partial charge in [-0.05, 0) is 26.2 Å². The Morgan fingerprint density at radius 2 is 0.815 bits per heavy atom. The first-order valence-corrected chi connectivity index (χ1v) is 12.5. The van der Waals surface area contributed by atoms with Crippen LogP contribution >= 0.6 is 11.6 Å². The van der Waals surface area contributed by atoms with Gasteiger partial charge in [0.1, 0.15) is 0 Å². The standard InChI is InChI=1S/C25H51Cl.H3N/c1-5-6-7-8-9-10-11-12-13-14-15-16-17-18-19-20-21-22-23-24(2)25(3,4)26;/h24H,5-23H2,1-4H3;1H3. The Kier molecular flexibility index (Phi) is 22.9. The molecule has 0 saturated heterocycles. The summed E-state index contributed by atoms with van der Waals surface area (Å²) >= 11 is 6.37. The fraction of sp³-hybridized carbons (Fsp3) is 1.00. The zero-order chi connectivity index (χ0) is 19.5. The van der Waals surface area contributed by atoms with Crippen molar-refractivity contribution in [2.24, 2.45) is 5.92 Å². The zero-order valence-electron chi connectivity index (χ0n) is 19.6. The van der Waals surface area contributed by atoms with Crippen molar-refractivity contribution in [1.29, 1.82) is 0 Å². The van der Waals surface area contributed by atoms with Crippen LogP contribution in [0.25, 0.3) is 0 Å². The number of alkyl halides is 1. The fourth-order valence-corrected chi connectivity index (χ4v) is 3.80. The molecule has 0 aliphatic rings. The SMILES string of the molecule is CCCCCCCCCCCCCCCCCCCCC(C)C(C)(C)Cl.N. The minimum absolute atomic E-state index is 0. The molecule has 0 radical (unpaired) electrons. The van der Waals surface area contributed by atoms with Gasteiger partial charge in [0.2, 0.25) is 0 Å². The molecule has 0 rings (SSSR count). The summed E-state index contributed by atoms with van der Waals surface area (Å²) in [5.41, 5.74) is 0. The van der Waals surface area contributed by atoms with Crippen LogP contribution in [0.4, 0.5) is 0 Å². The molecule has 0 aromatic rings. The summed E-state index contributed by atoms with van der Waals surface area (Å²) in [6.45, 7) is 8.88. The lowest BCUT2D eigenvalue weighted by Crippen LogP contribution is -2.21. The molecule has 0 fully saturated rings. The second-order valence-corrected chi connectivity index (χ2v) is 10.2. The van der Waals surface area contributed by atoms with E-state index >= 15 is 0 Å². The maximum absolute atomic E-state index is 6.37. The van der Waals surface area contributed by atoms with Gasteiger partial charge in [0, 0.05) is 4.87 Å². The molecular weight excluding hydrogens is 350 g/mol. The third-order valence-corrected chi connectivity index (χ3v) is 6.54. The number of unbranched alkanes of at least 4 members (excludes halogenated alkanes) is 17. The topological polar surface area (TPSA) is 35.0 Å². The van der Waals surface area contributed by atoms with Crippen molar-refractivity contribution in [3.05, 3.63) is 0 Å². The van der Waals surface area contributed by atoms with Gasteiger partial charge in [0.25, 0.3) is 0 Å². The normalized spacial score (nSPS) is 12.8. The van der Waals surface area contributed by atoms with Crippen LogP contribution in [0.3, 0.4) is 0 Å². The highest BCUT2D eigenvalue weighted by atomic mass is 35.5. The Morgan fingerprint density at radius 1 is 0.556 bits per heavy atom. The highest BCUT2D eigenvalue weighted by molar-refractivity contribution is 6.23. The lowest BCUT2D eigenvalue weighted by molar-refractivity contribution is 0.400. The first-order chi connectivity index (χ1) is 12.5. The van der Waals surface area contributed by atoms with E-state index in [1.165, 1.54) is 122 Å². The minimum atomic E-state index is -0.0331. The van der Waals surface area contributed by atoms with Gasteiger partial charge in [-0.25, -0.2) is 0 Å². The van der Waals surface area contributed by atoms with Gasteiger partial charge < -0.3 is 6.15 Å². The third kappa shape index (κ3) is 22.4. The number of rotatable bonds is 20. The lowest BCUT2D eigenvalue weighted by Gasteiger charge is -2.24. The summed E-state index contributed by atoms with van der Waals surface area (Å²) in [6, 6.07) is 0. The van der Waals surface area contributed by atoms with Gasteiger partial charge in [0.15, 0.2) is 0 Å². The van der Waals surface area contributed by atoms with Gasteiger partial charge in [-0.3, -0.25) is 0 Å². The maximum Gasteiger partial charge on any atom is 0.0416 e. The maximum atomic E-state index is 6.37. The number of halogens is 1. The average molecular weight is 404 g/mol. The van der Waals surface area contributed by atoms with E-state index in [0.29, 0.717) is 5.92 Å². The van der Waals surface area contributed by atoms with Crippen LogP contribution < -0.4 is 6.15 Å². The molecule has 0 spiro atoms. The minimum Gasteiger partial charge on any atom is -0.344 e. The van der Waals surface area contributed by atoms with E-state index in [-0.39, 0.29) is 11.0 Å². The van der Waals surface area contributed by atoms with Crippen LogP contribution in [0.1, 0.15) is 150 Å². The first-order valence-electron chi connectivity index (χ1n) is 12.2. The predicted molar refractivity (Wildman–Crippen MR) is 128 cm³/mol. The second-order valence-electron chi connectivity index (χ2n) is 9.26. The van der Waals surface area contributed by atoms with Gasteiger partial charge >= 0.3 is 0 Å². The molecular formula is C25H54ClN. The number of hydrogen-bond acceptors (Lipinski definition) is 1. The summed E-state index contributed by atoms with van der Waals surface area (Å²) in [7, 11) is 0. The van der Waals surface area contributed by atoms with Crippen molar-refractivity contribution in [3.63, 3.8) is 0 Å². The molecule has 0 amide bonds. The van der Waals surface area contributed by atoms with E-state index < -0.39 is 0 Å². The van der Waals surface area contributed by atoms with E-state index in [9.17, 15) is 0 Å². The molecule has 0 bridgehead atoms. The summed E-state index contributed by atoms with van der Waals surface area (Å²) in [5.74, 6) is 0.630. The largest absolute Gasteiger partial charge is 0.344 e. The van der Waals surface area contributed by atoms with Crippen LogP contribution in [0.5, 0.6) is 0 Å². The van der Waals surface area contributed by atoms with Crippen molar-refractivity contribution < 1.29 is 0 Å². The Hall–Kier alpha value is 0.250. The molecule has 1 unspecified atom stereocenters. The molecule has 2 heteroatoms. The van der Waals surface area contributed by atoms with Gasteiger partial charge in [-0.1, -0.05) is 129 Å². The van der Waals surface area contributed by atoms with Crippen LogP contribution in [0.2, 0.25) is 0 Å². The summed E-state index contributed by atoms with van der Waals surface area (Å²) in [4.78, 5) is -0.0331. The molecule has 0 aliphatic carbocycles. The van der Waals surface area contributed by atoms with Gasteiger partial charge in [0.05, 0.1) is 0 Å². The highest BCUT2D eigenvalue weighted by Gasteiger charge is 2.21. The van der Waals surface area contributed by atoms with Crippen molar-refractivity contribution in [2.45, 2.75) is 155 Å². The van der Waals surface area contributed by atoms with E-state index in [1.54, 1.807) is 0 Å². The Bertz CT molecular complexity index is 272. The summed E-state index contributed by atoms with van der Waals surface area (Å²) in [6.07, 6.45) is 27.3. The molecule has 1 atom stereocenters. The van der Waals surface area contributed by atoms with E-state index in [0.717, 1.165) is 0 Å². The molecule has 0 aromatic heterocycles. The van der Waals surface area contributed by atoms with E-state index in [4.69, 9.17) is 11.6 Å². The average Bonchev–Trinajstić information content (AvgIpc) is 2.59. The molecule has 0 aliphatic heterocycles. The molecule has 0 aromatic carbocycles. The van der Waals surface area contributed by atoms with Crippen LogP contribution in [-0.4, -0.2) is 4.87 Å². The monoisotopic (exact) mass is 403 g/mol. The molecule has 0 heterocycles. The number of hydrogen-bond donors (Lipinski definition) is 1. The highest BCUT2D eigenvalue weighted by Crippen LogP contribution is 2.28. The van der Waals surface area contributed by atoms with Crippen LogP contribution in [-0.2, 0) is 0 Å². The Labute approximate surface area is 178 Å². The zero-order valence-corrected chi connectivity index (χ0v) is 20.4. The predicted octanol–water partition coefficient (Wildman–Crippen LogP) is 10.2. The van der Waals surface area contributed by atoms with Crippen LogP contribution in [0.15, 0.2) is 0 Å². The molecule has 0 saturated carbocycles. The van der Waals surface area contributed by atoms with Crippen molar-refractivity contribution in [1.82, 2.24) is 6.15 Å². The molecule has 166 valence electrons. The molecule has 1 nitrogen and oxygen atoms in total. The quantitative estimate of drug-likeness (QED) is 0.159. The third-order valence-electron chi connectivity index (χ3n) is 6.16. The first kappa shape index (κ1) is 29.5. The lowest BCUT2D eigenvalue weighted by atomic mass is 9.91.